The molecule has 1 unspecified atom stereocenters. The van der Waals surface area contributed by atoms with Crippen LogP contribution in [0.3, 0.4) is 0 Å². The Labute approximate surface area is 128 Å². The molecule has 0 radical (unpaired) electrons. The predicted octanol–water partition coefficient (Wildman–Crippen LogP) is 1.81. The predicted molar refractivity (Wildman–Crippen MR) is 84.8 cm³/mol. The van der Waals surface area contributed by atoms with Gasteiger partial charge in [-0.25, -0.2) is 13.1 Å². The Morgan fingerprint density at radius 1 is 1.24 bits per heavy atom. The maximum absolute atomic E-state index is 12.4. The lowest BCUT2D eigenvalue weighted by Gasteiger charge is -2.17. The van der Waals surface area contributed by atoms with Gasteiger partial charge < -0.3 is 10.1 Å². The number of hydrogen-bond donors (Lipinski definition) is 2. The number of sulfonamides is 1. The molecule has 0 aliphatic heterocycles. The highest BCUT2D eigenvalue weighted by Crippen LogP contribution is 2.19. The van der Waals surface area contributed by atoms with Crippen molar-refractivity contribution in [2.24, 2.45) is 0 Å². The van der Waals surface area contributed by atoms with Crippen LogP contribution >= 0.6 is 0 Å². The Morgan fingerprint density at radius 2 is 1.90 bits per heavy atom. The third-order valence-corrected chi connectivity index (χ3v) is 4.89. The Morgan fingerprint density at radius 3 is 2.48 bits per heavy atom. The van der Waals surface area contributed by atoms with Gasteiger partial charge in [0.2, 0.25) is 10.0 Å². The summed E-state index contributed by atoms with van der Waals surface area (Å²) in [4.78, 5) is 0.327. The van der Waals surface area contributed by atoms with Crippen LogP contribution in [-0.2, 0) is 21.3 Å². The van der Waals surface area contributed by atoms with Crippen molar-refractivity contribution in [3.8, 4) is 0 Å². The summed E-state index contributed by atoms with van der Waals surface area (Å²) in [5.74, 6) is 0. The van der Waals surface area contributed by atoms with Crippen LogP contribution in [0.4, 0.5) is 0 Å². The minimum Gasteiger partial charge on any atom is -0.383 e. The molecule has 0 bridgehead atoms. The molecule has 21 heavy (non-hydrogen) atoms. The Balaban J connectivity index is 2.99. The van der Waals surface area contributed by atoms with Crippen molar-refractivity contribution in [1.82, 2.24) is 10.0 Å². The highest BCUT2D eigenvalue weighted by molar-refractivity contribution is 7.89. The van der Waals surface area contributed by atoms with Gasteiger partial charge in [0.1, 0.15) is 0 Å². The highest BCUT2D eigenvalue weighted by atomic mass is 32.2. The molecule has 1 atom stereocenters. The third kappa shape index (κ3) is 5.39. The normalized spacial score (nSPS) is 13.6. The lowest BCUT2D eigenvalue weighted by molar-refractivity contribution is 0.180. The molecule has 0 amide bonds. The van der Waals surface area contributed by atoms with Crippen molar-refractivity contribution in [3.63, 3.8) is 0 Å². The van der Waals surface area contributed by atoms with Crippen molar-refractivity contribution < 1.29 is 13.2 Å². The minimum atomic E-state index is -3.53. The first-order chi connectivity index (χ1) is 9.77. The zero-order valence-electron chi connectivity index (χ0n) is 13.4. The molecule has 1 aromatic carbocycles. The van der Waals surface area contributed by atoms with E-state index < -0.39 is 10.0 Å². The van der Waals surface area contributed by atoms with E-state index >= 15 is 0 Å². The first-order valence-electron chi connectivity index (χ1n) is 7.11. The van der Waals surface area contributed by atoms with Crippen LogP contribution in [0.25, 0.3) is 0 Å². The quantitative estimate of drug-likeness (QED) is 0.768. The van der Waals surface area contributed by atoms with Gasteiger partial charge in [-0.15, -0.1) is 0 Å². The molecule has 0 fully saturated rings. The van der Waals surface area contributed by atoms with Crippen LogP contribution in [0, 0.1) is 6.92 Å². The van der Waals surface area contributed by atoms with Crippen molar-refractivity contribution in [1.29, 1.82) is 0 Å². The zero-order chi connectivity index (χ0) is 16.0. The molecule has 0 aliphatic carbocycles. The fraction of sp³-hybridized carbons (Fsp3) is 0.600. The van der Waals surface area contributed by atoms with Crippen molar-refractivity contribution in [3.05, 3.63) is 29.3 Å². The molecule has 0 saturated heterocycles. The van der Waals surface area contributed by atoms with E-state index in [1.807, 2.05) is 13.0 Å². The summed E-state index contributed by atoms with van der Waals surface area (Å²) in [7, 11) is -1.98. The summed E-state index contributed by atoms with van der Waals surface area (Å²) in [6, 6.07) is 5.44. The summed E-state index contributed by atoms with van der Waals surface area (Å²) in [6.07, 6.45) is 0. The van der Waals surface area contributed by atoms with Crippen LogP contribution in [0.1, 0.15) is 31.9 Å². The van der Waals surface area contributed by atoms with E-state index in [1.165, 1.54) is 0 Å². The number of nitrogens with one attached hydrogen (secondary N) is 2. The van der Waals surface area contributed by atoms with Crippen molar-refractivity contribution in [2.75, 3.05) is 13.7 Å². The molecule has 0 saturated carbocycles. The van der Waals surface area contributed by atoms with E-state index in [9.17, 15) is 8.42 Å². The molecule has 6 heteroatoms. The van der Waals surface area contributed by atoms with Crippen LogP contribution in [0.2, 0.25) is 0 Å². The average Bonchev–Trinajstić information content (AvgIpc) is 2.36. The standard InChI is InChI=1S/C15H26N2O3S/c1-11(2)16-9-14-7-6-8-15(13(14)4)21(18,19)17-12(3)10-20-5/h6-8,11-12,16-17H,9-10H2,1-5H3. The minimum absolute atomic E-state index is 0.267. The lowest BCUT2D eigenvalue weighted by atomic mass is 10.1. The second-order valence-corrected chi connectivity index (χ2v) is 7.24. The van der Waals surface area contributed by atoms with E-state index in [0.717, 1.165) is 11.1 Å². The summed E-state index contributed by atoms with van der Waals surface area (Å²) in [5, 5.41) is 3.31. The summed E-state index contributed by atoms with van der Waals surface area (Å²) < 4.78 is 32.5. The van der Waals surface area contributed by atoms with Crippen molar-refractivity contribution >= 4 is 10.0 Å². The first kappa shape index (κ1) is 18.1. The first-order valence-corrected chi connectivity index (χ1v) is 8.59. The second-order valence-electron chi connectivity index (χ2n) is 5.55. The van der Waals surface area contributed by atoms with Gasteiger partial charge in [0.15, 0.2) is 0 Å². The smallest absolute Gasteiger partial charge is 0.241 e. The zero-order valence-corrected chi connectivity index (χ0v) is 14.3. The molecule has 120 valence electrons. The van der Waals surface area contributed by atoms with Gasteiger partial charge in [-0.05, 0) is 31.0 Å². The summed E-state index contributed by atoms with van der Waals surface area (Å²) in [6.45, 7) is 8.73. The number of ether oxygens (including phenoxy) is 1. The monoisotopic (exact) mass is 314 g/mol. The molecular weight excluding hydrogens is 288 g/mol. The maximum Gasteiger partial charge on any atom is 0.241 e. The second kappa shape index (κ2) is 7.89. The van der Waals surface area contributed by atoms with Crippen LogP contribution in [0.5, 0.6) is 0 Å². The Bertz CT molecular complexity index is 556. The van der Waals surface area contributed by atoms with Gasteiger partial charge in [-0.3, -0.25) is 0 Å². The largest absolute Gasteiger partial charge is 0.383 e. The molecular formula is C15H26N2O3S. The topological polar surface area (TPSA) is 67.4 Å². The number of methoxy groups -OCH3 is 1. The van der Waals surface area contributed by atoms with E-state index in [4.69, 9.17) is 4.74 Å². The molecule has 0 heterocycles. The highest BCUT2D eigenvalue weighted by Gasteiger charge is 2.20. The average molecular weight is 314 g/mol. The van der Waals surface area contributed by atoms with Crippen LogP contribution < -0.4 is 10.0 Å². The van der Waals surface area contributed by atoms with Gasteiger partial charge >= 0.3 is 0 Å². The molecule has 1 rings (SSSR count). The number of rotatable bonds is 8. The van der Waals surface area contributed by atoms with Gasteiger partial charge in [-0.1, -0.05) is 26.0 Å². The molecule has 0 aromatic heterocycles. The molecule has 5 nitrogen and oxygen atoms in total. The van der Waals surface area contributed by atoms with Crippen LogP contribution in [0.15, 0.2) is 23.1 Å². The van der Waals surface area contributed by atoms with E-state index in [-0.39, 0.29) is 6.04 Å². The van der Waals surface area contributed by atoms with Crippen LogP contribution in [-0.4, -0.2) is 34.2 Å². The molecule has 0 spiro atoms. The van der Waals surface area contributed by atoms with Gasteiger partial charge in [0.25, 0.3) is 0 Å². The summed E-state index contributed by atoms with van der Waals surface area (Å²) >= 11 is 0. The van der Waals surface area contributed by atoms with E-state index in [0.29, 0.717) is 24.1 Å². The van der Waals surface area contributed by atoms with Gasteiger partial charge in [0, 0.05) is 25.7 Å². The molecule has 2 N–H and O–H groups in total. The summed E-state index contributed by atoms with van der Waals surface area (Å²) in [5.41, 5.74) is 1.77. The van der Waals surface area contributed by atoms with Gasteiger partial charge in [0.05, 0.1) is 11.5 Å². The SMILES string of the molecule is COCC(C)NS(=O)(=O)c1cccc(CNC(C)C)c1C. The molecule has 0 aliphatic rings. The fourth-order valence-corrected chi connectivity index (χ4v) is 3.59. The van der Waals surface area contributed by atoms with Gasteiger partial charge in [-0.2, -0.15) is 0 Å². The number of benzene rings is 1. The number of hydrogen-bond acceptors (Lipinski definition) is 4. The molecule has 1 aromatic rings. The van der Waals surface area contributed by atoms with E-state index in [1.54, 1.807) is 26.2 Å². The third-order valence-electron chi connectivity index (χ3n) is 3.16. The van der Waals surface area contributed by atoms with Crippen molar-refractivity contribution in [2.45, 2.75) is 51.2 Å². The fourth-order valence-electron chi connectivity index (χ4n) is 2.07. The Kier molecular flexibility index (Phi) is 6.80. The Hall–Kier alpha value is -0.950. The lowest BCUT2D eigenvalue weighted by Crippen LogP contribution is -2.36. The maximum atomic E-state index is 12.4. The van der Waals surface area contributed by atoms with E-state index in [2.05, 4.69) is 23.9 Å².